The smallest absolute Gasteiger partial charge is 0.315 e. The summed E-state index contributed by atoms with van der Waals surface area (Å²) >= 11 is 0. The second-order valence-corrected chi connectivity index (χ2v) is 7.60. The van der Waals surface area contributed by atoms with Gasteiger partial charge in [-0.2, -0.15) is 10.4 Å². The van der Waals surface area contributed by atoms with E-state index >= 15 is 0 Å². The highest BCUT2D eigenvalue weighted by molar-refractivity contribution is 6.09. The molecule has 31 heavy (non-hydrogen) atoms. The van der Waals surface area contributed by atoms with Crippen molar-refractivity contribution < 1.29 is 9.59 Å². The molecule has 3 amide bonds. The van der Waals surface area contributed by atoms with Gasteiger partial charge < -0.3 is 16.0 Å². The molecule has 0 spiro atoms. The highest BCUT2D eigenvalue weighted by Crippen LogP contribution is 2.30. The minimum atomic E-state index is -0.529. The molecular formula is C23H22N6O2. The standard InChI is InChI=1S/C23H22N6O2/c1-14-3-6-17(11-15(14)2)21-20(19-13-28(23(25)31)9-10-29(19)27-21)22(30)26-18-7-4-16(12-24)5-8-18/h3-8,11H,9-10,13H2,1-2H3,(H2,25,31)(H,26,30). The normalized spacial score (nSPS) is 12.7. The average Bonchev–Trinajstić information content (AvgIpc) is 3.15. The molecule has 0 aliphatic carbocycles. The number of hydrogen-bond acceptors (Lipinski definition) is 4. The average molecular weight is 414 g/mol. The number of nitrogens with zero attached hydrogens (tertiary/aromatic N) is 4. The Morgan fingerprint density at radius 3 is 2.48 bits per heavy atom. The van der Waals surface area contributed by atoms with Crippen molar-refractivity contribution in [1.82, 2.24) is 14.7 Å². The number of carbonyl (C=O) groups is 2. The predicted octanol–water partition coefficient (Wildman–Crippen LogP) is 3.19. The van der Waals surface area contributed by atoms with Crippen LogP contribution in [0.25, 0.3) is 11.3 Å². The van der Waals surface area contributed by atoms with E-state index in [2.05, 4.69) is 11.4 Å². The predicted molar refractivity (Wildman–Crippen MR) is 116 cm³/mol. The molecular weight excluding hydrogens is 392 g/mol. The Morgan fingerprint density at radius 1 is 1.10 bits per heavy atom. The number of hydrogen-bond donors (Lipinski definition) is 2. The first kappa shape index (κ1) is 20.2. The van der Waals surface area contributed by atoms with Crippen LogP contribution < -0.4 is 11.1 Å². The van der Waals surface area contributed by atoms with E-state index in [1.165, 1.54) is 4.90 Å². The first-order valence-corrected chi connectivity index (χ1v) is 9.90. The molecule has 0 radical (unpaired) electrons. The largest absolute Gasteiger partial charge is 0.351 e. The minimum absolute atomic E-state index is 0.212. The fourth-order valence-corrected chi connectivity index (χ4v) is 3.66. The van der Waals surface area contributed by atoms with E-state index in [9.17, 15) is 9.59 Å². The number of aromatic nitrogens is 2. The number of anilines is 1. The van der Waals surface area contributed by atoms with Crippen molar-refractivity contribution in [3.05, 3.63) is 70.4 Å². The van der Waals surface area contributed by atoms with Crippen LogP contribution in [-0.4, -0.2) is 33.2 Å². The Balaban J connectivity index is 1.78. The molecule has 3 aromatic rings. The van der Waals surface area contributed by atoms with Crippen molar-refractivity contribution in [1.29, 1.82) is 5.26 Å². The third-order valence-electron chi connectivity index (χ3n) is 5.57. The molecule has 0 fully saturated rings. The molecule has 1 aliphatic heterocycles. The van der Waals surface area contributed by atoms with Crippen LogP contribution in [0.3, 0.4) is 0 Å². The first-order valence-electron chi connectivity index (χ1n) is 9.90. The Labute approximate surface area is 179 Å². The molecule has 1 aliphatic rings. The monoisotopic (exact) mass is 414 g/mol. The lowest BCUT2D eigenvalue weighted by atomic mass is 10.00. The molecule has 8 nitrogen and oxygen atoms in total. The molecule has 8 heteroatoms. The molecule has 3 N–H and O–H groups in total. The number of aryl methyl sites for hydroxylation is 2. The summed E-state index contributed by atoms with van der Waals surface area (Å²) in [6.45, 7) is 5.15. The van der Waals surface area contributed by atoms with Gasteiger partial charge in [0.2, 0.25) is 0 Å². The SMILES string of the molecule is Cc1ccc(-c2nn3c(c2C(=O)Nc2ccc(C#N)cc2)CN(C(N)=O)CC3)cc1C. The van der Waals surface area contributed by atoms with Crippen LogP contribution in [0.15, 0.2) is 42.5 Å². The molecule has 2 aromatic carbocycles. The number of benzene rings is 2. The number of rotatable bonds is 3. The summed E-state index contributed by atoms with van der Waals surface area (Å²) in [5.74, 6) is -0.328. The van der Waals surface area contributed by atoms with E-state index < -0.39 is 6.03 Å². The van der Waals surface area contributed by atoms with Crippen LogP contribution in [0.2, 0.25) is 0 Å². The van der Waals surface area contributed by atoms with Crippen molar-refractivity contribution >= 4 is 17.6 Å². The third-order valence-corrected chi connectivity index (χ3v) is 5.57. The summed E-state index contributed by atoms with van der Waals surface area (Å²) in [6, 6.07) is 14.1. The van der Waals surface area contributed by atoms with Crippen LogP contribution in [0.4, 0.5) is 10.5 Å². The molecule has 0 atom stereocenters. The molecule has 4 rings (SSSR count). The lowest BCUT2D eigenvalue weighted by molar-refractivity contribution is 0.102. The number of amides is 3. The fourth-order valence-electron chi connectivity index (χ4n) is 3.66. The summed E-state index contributed by atoms with van der Waals surface area (Å²) in [6.07, 6.45) is 0. The number of fused-ring (bicyclic) bond motifs is 1. The van der Waals surface area contributed by atoms with Crippen molar-refractivity contribution in [2.45, 2.75) is 26.9 Å². The van der Waals surface area contributed by atoms with Crippen molar-refractivity contribution in [3.63, 3.8) is 0 Å². The van der Waals surface area contributed by atoms with E-state index in [0.29, 0.717) is 41.3 Å². The number of primary amides is 1. The lowest BCUT2D eigenvalue weighted by Gasteiger charge is -2.26. The Kier molecular flexibility index (Phi) is 5.17. The van der Waals surface area contributed by atoms with E-state index in [1.807, 2.05) is 32.0 Å². The van der Waals surface area contributed by atoms with E-state index in [4.69, 9.17) is 16.1 Å². The van der Waals surface area contributed by atoms with Crippen LogP contribution in [0.1, 0.15) is 32.7 Å². The number of nitrogens with one attached hydrogen (secondary N) is 1. The Bertz CT molecular complexity index is 1220. The summed E-state index contributed by atoms with van der Waals surface area (Å²) in [5.41, 5.74) is 11.3. The summed E-state index contributed by atoms with van der Waals surface area (Å²) in [5, 5.41) is 16.6. The van der Waals surface area contributed by atoms with Gasteiger partial charge in [0.25, 0.3) is 5.91 Å². The van der Waals surface area contributed by atoms with Crippen LogP contribution in [0.5, 0.6) is 0 Å². The topological polar surface area (TPSA) is 117 Å². The Morgan fingerprint density at radius 2 is 1.84 bits per heavy atom. The summed E-state index contributed by atoms with van der Waals surface area (Å²) < 4.78 is 1.78. The number of nitrogens with two attached hydrogens (primary N) is 1. The zero-order valence-corrected chi connectivity index (χ0v) is 17.3. The van der Waals surface area contributed by atoms with E-state index in [0.717, 1.165) is 16.7 Å². The second kappa shape index (κ2) is 7.95. The van der Waals surface area contributed by atoms with Gasteiger partial charge in [-0.25, -0.2) is 4.79 Å². The maximum atomic E-state index is 13.4. The minimum Gasteiger partial charge on any atom is -0.351 e. The van der Waals surface area contributed by atoms with Crippen LogP contribution >= 0.6 is 0 Å². The van der Waals surface area contributed by atoms with Gasteiger partial charge in [-0.05, 0) is 55.3 Å². The molecule has 0 saturated carbocycles. The van der Waals surface area contributed by atoms with Gasteiger partial charge in [-0.15, -0.1) is 0 Å². The summed E-state index contributed by atoms with van der Waals surface area (Å²) in [4.78, 5) is 26.6. The number of nitriles is 1. The van der Waals surface area contributed by atoms with Gasteiger partial charge in [0.1, 0.15) is 5.69 Å². The number of urea groups is 1. The molecule has 0 saturated heterocycles. The highest BCUT2D eigenvalue weighted by Gasteiger charge is 2.30. The van der Waals surface area contributed by atoms with Gasteiger partial charge in [0.05, 0.1) is 36.0 Å². The maximum Gasteiger partial charge on any atom is 0.315 e. The number of carbonyl (C=O) groups excluding carboxylic acids is 2. The van der Waals surface area contributed by atoms with Gasteiger partial charge >= 0.3 is 6.03 Å². The highest BCUT2D eigenvalue weighted by atomic mass is 16.2. The molecule has 1 aromatic heterocycles. The maximum absolute atomic E-state index is 13.4. The van der Waals surface area contributed by atoms with Gasteiger partial charge in [-0.1, -0.05) is 12.1 Å². The van der Waals surface area contributed by atoms with Crippen molar-refractivity contribution in [2.75, 3.05) is 11.9 Å². The molecule has 0 unspecified atom stereocenters. The van der Waals surface area contributed by atoms with E-state index in [1.54, 1.807) is 28.9 Å². The third kappa shape index (κ3) is 3.85. The van der Waals surface area contributed by atoms with Crippen molar-refractivity contribution in [2.24, 2.45) is 5.73 Å². The van der Waals surface area contributed by atoms with Crippen LogP contribution in [-0.2, 0) is 13.1 Å². The summed E-state index contributed by atoms with van der Waals surface area (Å²) in [7, 11) is 0. The molecule has 156 valence electrons. The van der Waals surface area contributed by atoms with Gasteiger partial charge in [0.15, 0.2) is 0 Å². The van der Waals surface area contributed by atoms with E-state index in [-0.39, 0.29) is 12.5 Å². The van der Waals surface area contributed by atoms with Gasteiger partial charge in [-0.3, -0.25) is 9.48 Å². The second-order valence-electron chi connectivity index (χ2n) is 7.60. The quantitative estimate of drug-likeness (QED) is 0.684. The van der Waals surface area contributed by atoms with Crippen LogP contribution in [0, 0.1) is 25.2 Å². The zero-order chi connectivity index (χ0) is 22.1. The first-order chi connectivity index (χ1) is 14.9. The fraction of sp³-hybridized carbons (Fsp3) is 0.217. The zero-order valence-electron chi connectivity index (χ0n) is 17.3. The Hall–Kier alpha value is -4.12. The molecule has 0 bridgehead atoms. The van der Waals surface area contributed by atoms with Gasteiger partial charge in [0, 0.05) is 17.8 Å². The molecule has 2 heterocycles. The van der Waals surface area contributed by atoms with Crippen molar-refractivity contribution in [3.8, 4) is 17.3 Å². The lowest BCUT2D eigenvalue weighted by Crippen LogP contribution is -2.42.